The van der Waals surface area contributed by atoms with Crippen LogP contribution in [0.4, 0.5) is 0 Å². The van der Waals surface area contributed by atoms with Crippen molar-refractivity contribution >= 4 is 35.2 Å². The fourth-order valence-electron chi connectivity index (χ4n) is 3.12. The zero-order valence-electron chi connectivity index (χ0n) is 15.5. The lowest BCUT2D eigenvalue weighted by atomic mass is 9.96. The van der Waals surface area contributed by atoms with Crippen LogP contribution in [-0.2, 0) is 9.59 Å². The van der Waals surface area contributed by atoms with Crippen LogP contribution in [0.3, 0.4) is 0 Å². The first kappa shape index (κ1) is 20.1. The molecule has 1 heterocycles. The summed E-state index contributed by atoms with van der Waals surface area (Å²) >= 11 is 5.38. The highest BCUT2D eigenvalue weighted by Crippen LogP contribution is 2.19. The van der Waals surface area contributed by atoms with Crippen LogP contribution in [0.25, 0.3) is 6.08 Å². The van der Waals surface area contributed by atoms with Crippen LogP contribution in [-0.4, -0.2) is 52.9 Å². The Morgan fingerprint density at radius 3 is 2.62 bits per heavy atom. The maximum atomic E-state index is 12.6. The van der Waals surface area contributed by atoms with Gasteiger partial charge in [-0.25, -0.2) is 0 Å². The van der Waals surface area contributed by atoms with Gasteiger partial charge >= 0.3 is 0 Å². The third-order valence-electron chi connectivity index (χ3n) is 4.59. The highest BCUT2D eigenvalue weighted by Gasteiger charge is 2.29. The van der Waals surface area contributed by atoms with Gasteiger partial charge < -0.3 is 9.80 Å². The first-order chi connectivity index (χ1) is 12.5. The van der Waals surface area contributed by atoms with E-state index in [2.05, 4.69) is 5.32 Å². The van der Waals surface area contributed by atoms with Gasteiger partial charge in [0.25, 0.3) is 0 Å². The summed E-state index contributed by atoms with van der Waals surface area (Å²) in [6.07, 6.45) is 4.99. The highest BCUT2D eigenvalue weighted by molar-refractivity contribution is 7.80. The number of hydrogen-bond donors (Lipinski definition) is 1. The van der Waals surface area contributed by atoms with Gasteiger partial charge in [0, 0.05) is 32.3 Å². The summed E-state index contributed by atoms with van der Waals surface area (Å²) < 4.78 is 0. The molecule has 0 aliphatic carbocycles. The predicted molar refractivity (Wildman–Crippen MR) is 108 cm³/mol. The molecule has 0 spiro atoms. The van der Waals surface area contributed by atoms with Crippen LogP contribution < -0.4 is 5.32 Å². The molecule has 1 N–H and O–H groups in total. The molecule has 1 aliphatic heterocycles. The van der Waals surface area contributed by atoms with Crippen molar-refractivity contribution in [2.75, 3.05) is 26.2 Å². The van der Waals surface area contributed by atoms with Crippen LogP contribution >= 0.6 is 12.2 Å². The van der Waals surface area contributed by atoms with Gasteiger partial charge in [0.1, 0.15) is 0 Å². The summed E-state index contributed by atoms with van der Waals surface area (Å²) in [7, 11) is 0. The number of nitrogens with zero attached hydrogens (tertiary/aromatic N) is 2. The van der Waals surface area contributed by atoms with Crippen molar-refractivity contribution in [2.45, 2.75) is 26.7 Å². The SMILES string of the molecule is CCN(CC)C(=O)C1CCCN(C(=S)NC(=O)C=Cc2ccccc2)C1. The lowest BCUT2D eigenvalue weighted by Crippen LogP contribution is -2.50. The third kappa shape index (κ3) is 5.66. The van der Waals surface area contributed by atoms with Gasteiger partial charge in [-0.1, -0.05) is 30.3 Å². The molecule has 140 valence electrons. The summed E-state index contributed by atoms with van der Waals surface area (Å²) in [5.41, 5.74) is 0.955. The molecule has 0 bridgehead atoms. The van der Waals surface area contributed by atoms with Crippen molar-refractivity contribution in [3.63, 3.8) is 0 Å². The minimum Gasteiger partial charge on any atom is -0.348 e. The Labute approximate surface area is 161 Å². The molecule has 1 aromatic carbocycles. The van der Waals surface area contributed by atoms with Crippen LogP contribution in [0.2, 0.25) is 0 Å². The molecule has 2 rings (SSSR count). The average molecular weight is 374 g/mol. The van der Waals surface area contributed by atoms with E-state index in [4.69, 9.17) is 12.2 Å². The van der Waals surface area contributed by atoms with Gasteiger partial charge in [0.15, 0.2) is 5.11 Å². The van der Waals surface area contributed by atoms with E-state index in [1.54, 1.807) is 6.08 Å². The quantitative estimate of drug-likeness (QED) is 0.637. The van der Waals surface area contributed by atoms with Crippen molar-refractivity contribution in [2.24, 2.45) is 5.92 Å². The van der Waals surface area contributed by atoms with E-state index < -0.39 is 0 Å². The van der Waals surface area contributed by atoms with E-state index in [0.29, 0.717) is 11.7 Å². The van der Waals surface area contributed by atoms with E-state index in [1.165, 1.54) is 6.08 Å². The molecule has 1 unspecified atom stereocenters. The van der Waals surface area contributed by atoms with Crippen molar-refractivity contribution in [3.8, 4) is 0 Å². The summed E-state index contributed by atoms with van der Waals surface area (Å²) in [6.45, 7) is 6.76. The van der Waals surface area contributed by atoms with Gasteiger partial charge in [-0.05, 0) is 50.5 Å². The second-order valence-corrected chi connectivity index (χ2v) is 6.72. The minimum absolute atomic E-state index is 0.0571. The van der Waals surface area contributed by atoms with Crippen LogP contribution in [0.15, 0.2) is 36.4 Å². The molecular formula is C20H27N3O2S. The number of nitrogens with one attached hydrogen (secondary N) is 1. The second-order valence-electron chi connectivity index (χ2n) is 6.33. The molecule has 0 aromatic heterocycles. The fraction of sp³-hybridized carbons (Fsp3) is 0.450. The van der Waals surface area contributed by atoms with Gasteiger partial charge in [-0.3, -0.25) is 14.9 Å². The Morgan fingerprint density at radius 1 is 1.27 bits per heavy atom. The maximum absolute atomic E-state index is 12.6. The molecule has 0 saturated carbocycles. The standard InChI is InChI=1S/C20H27N3O2S/c1-3-22(4-2)19(25)17-11-8-14-23(15-17)20(26)21-18(24)13-12-16-9-6-5-7-10-16/h5-7,9-10,12-13,17H,3-4,8,11,14-15H2,1-2H3,(H,21,24,26). The fourth-order valence-corrected chi connectivity index (χ4v) is 3.39. The summed E-state index contributed by atoms with van der Waals surface area (Å²) in [5.74, 6) is -0.132. The average Bonchev–Trinajstić information content (AvgIpc) is 2.68. The maximum Gasteiger partial charge on any atom is 0.250 e. The molecule has 6 heteroatoms. The Morgan fingerprint density at radius 2 is 1.96 bits per heavy atom. The number of piperidine rings is 1. The molecule has 1 saturated heterocycles. The van der Waals surface area contributed by atoms with Gasteiger partial charge in [0.05, 0.1) is 5.92 Å². The monoisotopic (exact) mass is 373 g/mol. The predicted octanol–water partition coefficient (Wildman–Crippen LogP) is 2.68. The molecule has 1 atom stereocenters. The molecule has 1 aliphatic rings. The van der Waals surface area contributed by atoms with E-state index in [1.807, 2.05) is 54.0 Å². The molecular weight excluding hydrogens is 346 g/mol. The molecule has 26 heavy (non-hydrogen) atoms. The molecule has 5 nitrogen and oxygen atoms in total. The lowest BCUT2D eigenvalue weighted by molar-refractivity contribution is -0.136. The Hall–Kier alpha value is -2.21. The topological polar surface area (TPSA) is 52.7 Å². The smallest absolute Gasteiger partial charge is 0.250 e. The van der Waals surface area contributed by atoms with Gasteiger partial charge in [0.2, 0.25) is 11.8 Å². The van der Waals surface area contributed by atoms with Crippen molar-refractivity contribution in [1.29, 1.82) is 0 Å². The molecule has 0 radical (unpaired) electrons. The van der Waals surface area contributed by atoms with E-state index in [0.717, 1.165) is 38.0 Å². The van der Waals surface area contributed by atoms with Crippen molar-refractivity contribution in [3.05, 3.63) is 42.0 Å². The Balaban J connectivity index is 1.89. The largest absolute Gasteiger partial charge is 0.348 e. The first-order valence-electron chi connectivity index (χ1n) is 9.17. The zero-order chi connectivity index (χ0) is 18.9. The van der Waals surface area contributed by atoms with E-state index in [9.17, 15) is 9.59 Å². The number of carbonyl (C=O) groups is 2. The number of benzene rings is 1. The zero-order valence-corrected chi connectivity index (χ0v) is 16.3. The highest BCUT2D eigenvalue weighted by atomic mass is 32.1. The van der Waals surface area contributed by atoms with Crippen LogP contribution in [0.5, 0.6) is 0 Å². The minimum atomic E-state index is -0.254. The Kier molecular flexibility index (Phi) is 7.78. The summed E-state index contributed by atoms with van der Waals surface area (Å²) in [5, 5.41) is 3.14. The van der Waals surface area contributed by atoms with Crippen molar-refractivity contribution < 1.29 is 9.59 Å². The lowest BCUT2D eigenvalue weighted by Gasteiger charge is -2.35. The molecule has 1 fully saturated rings. The van der Waals surface area contributed by atoms with E-state index in [-0.39, 0.29) is 17.7 Å². The second kappa shape index (κ2) is 10.1. The number of carbonyl (C=O) groups excluding carboxylic acids is 2. The van der Waals surface area contributed by atoms with E-state index >= 15 is 0 Å². The number of hydrogen-bond acceptors (Lipinski definition) is 3. The van der Waals surface area contributed by atoms with Gasteiger partial charge in [-0.15, -0.1) is 0 Å². The summed E-state index contributed by atoms with van der Waals surface area (Å²) in [4.78, 5) is 28.5. The number of rotatable bonds is 5. The van der Waals surface area contributed by atoms with Crippen molar-refractivity contribution in [1.82, 2.24) is 15.1 Å². The third-order valence-corrected chi connectivity index (χ3v) is 4.95. The molecule has 1 aromatic rings. The Bertz CT molecular complexity index is 656. The number of amides is 2. The molecule has 2 amide bonds. The van der Waals surface area contributed by atoms with Crippen LogP contribution in [0.1, 0.15) is 32.3 Å². The number of thiocarbonyl (C=S) groups is 1. The first-order valence-corrected chi connectivity index (χ1v) is 9.57. The van der Waals surface area contributed by atoms with Crippen LogP contribution in [0, 0.1) is 5.92 Å². The normalized spacial score (nSPS) is 17.2. The number of likely N-dealkylation sites (tertiary alicyclic amines) is 1. The van der Waals surface area contributed by atoms with Gasteiger partial charge in [-0.2, -0.15) is 0 Å². The summed E-state index contributed by atoms with van der Waals surface area (Å²) in [6, 6.07) is 9.62.